The van der Waals surface area contributed by atoms with Gasteiger partial charge in [-0.15, -0.1) is 0 Å². The van der Waals surface area contributed by atoms with Crippen molar-refractivity contribution >= 4 is 28.9 Å². The van der Waals surface area contributed by atoms with Crippen LogP contribution in [0.4, 0.5) is 20.2 Å². The molecule has 0 aliphatic heterocycles. The molecule has 2 aromatic carbocycles. The lowest BCUT2D eigenvalue weighted by atomic mass is 10.1. The highest BCUT2D eigenvalue weighted by molar-refractivity contribution is 6.33. The third-order valence-electron chi connectivity index (χ3n) is 2.84. The molecular formula is C14H10ClF2NO2. The van der Waals surface area contributed by atoms with Gasteiger partial charge in [-0.3, -0.25) is 0 Å². The van der Waals surface area contributed by atoms with Gasteiger partial charge in [0.25, 0.3) is 0 Å². The van der Waals surface area contributed by atoms with E-state index in [0.29, 0.717) is 5.69 Å². The number of carboxylic acid groups (broad SMARTS) is 1. The number of rotatable bonds is 3. The van der Waals surface area contributed by atoms with E-state index in [0.717, 1.165) is 12.1 Å². The molecule has 0 saturated heterocycles. The van der Waals surface area contributed by atoms with Gasteiger partial charge < -0.3 is 10.0 Å². The predicted molar refractivity (Wildman–Crippen MR) is 72.8 cm³/mol. The van der Waals surface area contributed by atoms with Crippen molar-refractivity contribution < 1.29 is 18.7 Å². The van der Waals surface area contributed by atoms with Gasteiger partial charge in [0, 0.05) is 18.8 Å². The second-order valence-corrected chi connectivity index (χ2v) is 4.53. The summed E-state index contributed by atoms with van der Waals surface area (Å²) in [6, 6.07) is 7.46. The van der Waals surface area contributed by atoms with E-state index in [-0.39, 0.29) is 16.3 Å². The molecular weight excluding hydrogens is 288 g/mol. The molecule has 0 aliphatic rings. The van der Waals surface area contributed by atoms with Crippen LogP contribution in [0.3, 0.4) is 0 Å². The fourth-order valence-corrected chi connectivity index (χ4v) is 1.98. The van der Waals surface area contributed by atoms with Crippen LogP contribution in [0.25, 0.3) is 0 Å². The highest BCUT2D eigenvalue weighted by Gasteiger charge is 2.14. The zero-order valence-electron chi connectivity index (χ0n) is 10.4. The van der Waals surface area contributed by atoms with E-state index < -0.39 is 17.6 Å². The Morgan fingerprint density at radius 3 is 2.50 bits per heavy atom. The number of nitrogens with zero attached hydrogens (tertiary/aromatic N) is 1. The van der Waals surface area contributed by atoms with Crippen molar-refractivity contribution in [2.75, 3.05) is 11.9 Å². The molecule has 0 saturated carbocycles. The first-order valence-electron chi connectivity index (χ1n) is 5.62. The molecule has 2 aromatic rings. The molecule has 20 heavy (non-hydrogen) atoms. The molecule has 0 atom stereocenters. The van der Waals surface area contributed by atoms with E-state index in [9.17, 15) is 13.6 Å². The van der Waals surface area contributed by atoms with Crippen LogP contribution in [0.1, 0.15) is 10.4 Å². The topological polar surface area (TPSA) is 40.5 Å². The molecule has 0 amide bonds. The number of anilines is 2. The number of hydrogen-bond donors (Lipinski definition) is 1. The zero-order chi connectivity index (χ0) is 14.9. The van der Waals surface area contributed by atoms with E-state index in [2.05, 4.69) is 0 Å². The molecule has 0 bridgehead atoms. The summed E-state index contributed by atoms with van der Waals surface area (Å²) in [7, 11) is 1.55. The summed E-state index contributed by atoms with van der Waals surface area (Å²) in [5, 5.41) is 9.10. The summed E-state index contributed by atoms with van der Waals surface area (Å²) in [5.74, 6) is -2.59. The maximum absolute atomic E-state index is 13.7. The molecule has 2 rings (SSSR count). The molecule has 0 aromatic heterocycles. The number of carbonyl (C=O) groups is 1. The number of hydrogen-bond acceptors (Lipinski definition) is 2. The first-order chi connectivity index (χ1) is 9.40. The van der Waals surface area contributed by atoms with E-state index in [1.807, 2.05) is 0 Å². The maximum Gasteiger partial charge on any atom is 0.337 e. The van der Waals surface area contributed by atoms with Gasteiger partial charge in [-0.25, -0.2) is 13.6 Å². The monoisotopic (exact) mass is 297 g/mol. The predicted octanol–water partition coefficient (Wildman–Crippen LogP) is 4.08. The van der Waals surface area contributed by atoms with Gasteiger partial charge in [-0.1, -0.05) is 11.6 Å². The average Bonchev–Trinajstić information content (AvgIpc) is 2.38. The number of aromatic carboxylic acids is 1. The Morgan fingerprint density at radius 2 is 1.90 bits per heavy atom. The normalized spacial score (nSPS) is 10.4. The summed E-state index contributed by atoms with van der Waals surface area (Å²) in [5.41, 5.74) is 0.473. The fourth-order valence-electron chi connectivity index (χ4n) is 1.78. The summed E-state index contributed by atoms with van der Waals surface area (Å²) >= 11 is 5.77. The highest BCUT2D eigenvalue weighted by Crippen LogP contribution is 2.29. The van der Waals surface area contributed by atoms with Gasteiger partial charge in [0.1, 0.15) is 11.6 Å². The summed E-state index contributed by atoms with van der Waals surface area (Å²) < 4.78 is 26.6. The van der Waals surface area contributed by atoms with Crippen LogP contribution in [-0.2, 0) is 0 Å². The third kappa shape index (κ3) is 2.72. The Labute approximate surface area is 119 Å². The van der Waals surface area contributed by atoms with Crippen LogP contribution in [0.5, 0.6) is 0 Å². The standard InChI is InChI=1S/C14H10ClF2NO2/c1-18(13-5-2-8(16)6-12(13)17)9-3-4-11(15)10(7-9)14(19)20/h2-7H,1H3,(H,19,20). The number of halogens is 3. The Bertz CT molecular complexity index is 676. The van der Waals surface area contributed by atoms with Gasteiger partial charge in [0.05, 0.1) is 16.3 Å². The largest absolute Gasteiger partial charge is 0.478 e. The molecule has 0 heterocycles. The minimum absolute atomic E-state index is 0.0847. The first kappa shape index (κ1) is 14.3. The van der Waals surface area contributed by atoms with Crippen LogP contribution in [0, 0.1) is 11.6 Å². The average molecular weight is 298 g/mol. The molecule has 0 spiro atoms. The molecule has 3 nitrogen and oxygen atoms in total. The minimum Gasteiger partial charge on any atom is -0.478 e. The van der Waals surface area contributed by atoms with E-state index in [1.54, 1.807) is 13.1 Å². The van der Waals surface area contributed by atoms with Crippen LogP contribution in [-0.4, -0.2) is 18.1 Å². The van der Waals surface area contributed by atoms with Crippen LogP contribution >= 0.6 is 11.6 Å². The molecule has 104 valence electrons. The van der Waals surface area contributed by atoms with E-state index >= 15 is 0 Å². The van der Waals surface area contributed by atoms with Crippen LogP contribution < -0.4 is 4.90 Å². The van der Waals surface area contributed by atoms with Crippen molar-refractivity contribution in [2.45, 2.75) is 0 Å². The highest BCUT2D eigenvalue weighted by atomic mass is 35.5. The number of carboxylic acids is 1. The summed E-state index contributed by atoms with van der Waals surface area (Å²) in [6.45, 7) is 0. The lowest BCUT2D eigenvalue weighted by Crippen LogP contribution is -2.12. The fraction of sp³-hybridized carbons (Fsp3) is 0.0714. The quantitative estimate of drug-likeness (QED) is 0.928. The SMILES string of the molecule is CN(c1ccc(Cl)c(C(=O)O)c1)c1ccc(F)cc1F. The van der Waals surface area contributed by atoms with E-state index in [4.69, 9.17) is 16.7 Å². The Hall–Kier alpha value is -2.14. The lowest BCUT2D eigenvalue weighted by Gasteiger charge is -2.20. The second kappa shape index (κ2) is 5.46. The molecule has 0 radical (unpaired) electrons. The summed E-state index contributed by atoms with van der Waals surface area (Å²) in [4.78, 5) is 12.4. The van der Waals surface area contributed by atoms with Crippen molar-refractivity contribution in [3.8, 4) is 0 Å². The van der Waals surface area contributed by atoms with Gasteiger partial charge >= 0.3 is 5.97 Å². The Morgan fingerprint density at radius 1 is 1.20 bits per heavy atom. The molecule has 1 N–H and O–H groups in total. The smallest absolute Gasteiger partial charge is 0.337 e. The minimum atomic E-state index is -1.18. The third-order valence-corrected chi connectivity index (χ3v) is 3.17. The van der Waals surface area contributed by atoms with Gasteiger partial charge in [-0.05, 0) is 30.3 Å². The van der Waals surface area contributed by atoms with Crippen molar-refractivity contribution in [3.05, 3.63) is 58.6 Å². The summed E-state index contributed by atoms with van der Waals surface area (Å²) in [6.07, 6.45) is 0. The molecule has 0 fully saturated rings. The van der Waals surface area contributed by atoms with Crippen molar-refractivity contribution in [2.24, 2.45) is 0 Å². The maximum atomic E-state index is 13.7. The Kier molecular flexibility index (Phi) is 3.90. The second-order valence-electron chi connectivity index (χ2n) is 4.12. The van der Waals surface area contributed by atoms with E-state index in [1.165, 1.54) is 23.1 Å². The van der Waals surface area contributed by atoms with Crippen molar-refractivity contribution in [1.29, 1.82) is 0 Å². The number of benzene rings is 2. The molecule has 6 heteroatoms. The van der Waals surface area contributed by atoms with Gasteiger partial charge in [0.15, 0.2) is 0 Å². The van der Waals surface area contributed by atoms with Gasteiger partial charge in [0.2, 0.25) is 0 Å². The van der Waals surface area contributed by atoms with Gasteiger partial charge in [-0.2, -0.15) is 0 Å². The molecule has 0 aliphatic carbocycles. The Balaban J connectivity index is 2.45. The van der Waals surface area contributed by atoms with Crippen LogP contribution in [0.15, 0.2) is 36.4 Å². The van der Waals surface area contributed by atoms with Crippen molar-refractivity contribution in [3.63, 3.8) is 0 Å². The molecule has 0 unspecified atom stereocenters. The first-order valence-corrected chi connectivity index (χ1v) is 5.99. The lowest BCUT2D eigenvalue weighted by molar-refractivity contribution is 0.0697. The zero-order valence-corrected chi connectivity index (χ0v) is 11.2. The van der Waals surface area contributed by atoms with Crippen molar-refractivity contribution in [1.82, 2.24) is 0 Å². The van der Waals surface area contributed by atoms with Crippen LogP contribution in [0.2, 0.25) is 5.02 Å².